The van der Waals surface area contributed by atoms with E-state index >= 15 is 0 Å². The summed E-state index contributed by atoms with van der Waals surface area (Å²) in [5, 5.41) is 0. The molecule has 4 rings (SSSR count). The van der Waals surface area contributed by atoms with Gasteiger partial charge in [-0.25, -0.2) is 0 Å². The van der Waals surface area contributed by atoms with E-state index in [2.05, 4.69) is 34.1 Å². The average molecular weight is 450 g/mol. The lowest BCUT2D eigenvalue weighted by Gasteiger charge is -2.40. The Kier molecular flexibility index (Phi) is 8.24. The van der Waals surface area contributed by atoms with E-state index < -0.39 is 0 Å². The van der Waals surface area contributed by atoms with Gasteiger partial charge in [0.1, 0.15) is 0 Å². The smallest absolute Gasteiger partial charge is 0.228 e. The Balaban J connectivity index is 1.42. The molecular formula is C27H35N3O3. The Morgan fingerprint density at radius 1 is 1.03 bits per heavy atom. The van der Waals surface area contributed by atoms with Crippen molar-refractivity contribution in [3.63, 3.8) is 0 Å². The van der Waals surface area contributed by atoms with Crippen LogP contribution in [0.1, 0.15) is 49.3 Å². The van der Waals surface area contributed by atoms with Crippen LogP contribution in [0.5, 0.6) is 0 Å². The van der Waals surface area contributed by atoms with Crippen molar-refractivity contribution in [2.24, 2.45) is 16.8 Å². The maximum atomic E-state index is 13.3. The molecule has 33 heavy (non-hydrogen) atoms. The van der Waals surface area contributed by atoms with Crippen LogP contribution in [0.25, 0.3) is 0 Å². The first-order valence-electron chi connectivity index (χ1n) is 12.0. The van der Waals surface area contributed by atoms with E-state index in [1.807, 2.05) is 24.4 Å². The first kappa shape index (κ1) is 23.6. The van der Waals surface area contributed by atoms with Crippen molar-refractivity contribution in [2.75, 3.05) is 27.3 Å². The number of piperidine rings is 1. The molecule has 176 valence electrons. The number of ether oxygens (including phenoxy) is 2. The fourth-order valence-corrected chi connectivity index (χ4v) is 5.27. The van der Waals surface area contributed by atoms with Gasteiger partial charge in [-0.3, -0.25) is 14.8 Å². The molecule has 1 saturated heterocycles. The van der Waals surface area contributed by atoms with Crippen LogP contribution in [-0.2, 0) is 14.3 Å². The number of methoxy groups -OCH3 is 2. The zero-order valence-electron chi connectivity index (χ0n) is 19.7. The summed E-state index contributed by atoms with van der Waals surface area (Å²) >= 11 is 0. The molecule has 0 spiro atoms. The lowest BCUT2D eigenvalue weighted by atomic mass is 9.82. The van der Waals surface area contributed by atoms with Gasteiger partial charge in [0.15, 0.2) is 0 Å². The molecule has 6 nitrogen and oxygen atoms in total. The number of carbonyl (C=O) groups excluding carboxylic acids is 1. The minimum absolute atomic E-state index is 0.0593. The highest BCUT2D eigenvalue weighted by Crippen LogP contribution is 2.36. The number of hydrogen-bond donors (Lipinski definition) is 0. The third-order valence-corrected chi connectivity index (χ3v) is 7.23. The first-order chi connectivity index (χ1) is 16.2. The molecule has 0 bridgehead atoms. The monoisotopic (exact) mass is 449 g/mol. The lowest BCUT2D eigenvalue weighted by molar-refractivity contribution is -0.146. The van der Waals surface area contributed by atoms with Gasteiger partial charge in [0, 0.05) is 52.3 Å². The van der Waals surface area contributed by atoms with Crippen molar-refractivity contribution < 1.29 is 14.3 Å². The highest BCUT2D eigenvalue weighted by Gasteiger charge is 2.39. The molecule has 1 saturated carbocycles. The summed E-state index contributed by atoms with van der Waals surface area (Å²) in [6.45, 7) is 1.55. The predicted octanol–water partition coefficient (Wildman–Crippen LogP) is 4.31. The molecule has 2 fully saturated rings. The van der Waals surface area contributed by atoms with Crippen molar-refractivity contribution >= 4 is 12.1 Å². The Morgan fingerprint density at radius 3 is 2.42 bits per heavy atom. The number of carbonyl (C=O) groups is 1. The van der Waals surface area contributed by atoms with Gasteiger partial charge in [0.05, 0.1) is 24.2 Å². The van der Waals surface area contributed by atoms with E-state index in [1.165, 1.54) is 5.56 Å². The standard InChI is InChI=1S/C27H35N3O3/c1-32-23-8-9-24(25(18-23)33-2)27(31)30-16-12-22(13-17-30)26(21-6-4-3-5-7-21)29-19-20-10-14-28-15-11-20/h3-7,10-11,14-15,19,22-26H,8-9,12-13,16-18H2,1-2H3. The van der Waals surface area contributed by atoms with Gasteiger partial charge in [-0.1, -0.05) is 30.3 Å². The van der Waals surface area contributed by atoms with Gasteiger partial charge in [-0.05, 0) is 54.9 Å². The quantitative estimate of drug-likeness (QED) is 0.591. The zero-order chi connectivity index (χ0) is 23.0. The van der Waals surface area contributed by atoms with E-state index in [-0.39, 0.29) is 30.1 Å². The largest absolute Gasteiger partial charge is 0.381 e. The molecule has 1 aromatic heterocycles. The lowest BCUT2D eigenvalue weighted by Crippen LogP contribution is -2.48. The third-order valence-electron chi connectivity index (χ3n) is 7.23. The van der Waals surface area contributed by atoms with E-state index in [0.29, 0.717) is 5.92 Å². The summed E-state index contributed by atoms with van der Waals surface area (Å²) in [5.41, 5.74) is 2.28. The second kappa shape index (κ2) is 11.5. The molecule has 0 radical (unpaired) electrons. The Labute approximate surface area is 197 Å². The summed E-state index contributed by atoms with van der Waals surface area (Å²) < 4.78 is 11.2. The maximum absolute atomic E-state index is 13.3. The normalized spacial score (nSPS) is 25.3. The maximum Gasteiger partial charge on any atom is 0.228 e. The fourth-order valence-electron chi connectivity index (χ4n) is 5.27. The fraction of sp³-hybridized carbons (Fsp3) is 0.519. The number of likely N-dealkylation sites (tertiary alicyclic amines) is 1. The number of aliphatic imine (C=N–C) groups is 1. The van der Waals surface area contributed by atoms with Crippen LogP contribution in [0.3, 0.4) is 0 Å². The van der Waals surface area contributed by atoms with E-state index in [0.717, 1.165) is 50.8 Å². The Hall–Kier alpha value is -2.57. The topological polar surface area (TPSA) is 64.0 Å². The molecule has 2 heterocycles. The highest BCUT2D eigenvalue weighted by atomic mass is 16.5. The van der Waals surface area contributed by atoms with Gasteiger partial charge < -0.3 is 14.4 Å². The van der Waals surface area contributed by atoms with Crippen molar-refractivity contribution in [1.82, 2.24) is 9.88 Å². The number of nitrogens with zero attached hydrogens (tertiary/aromatic N) is 3. The molecule has 6 heteroatoms. The van der Waals surface area contributed by atoms with Gasteiger partial charge >= 0.3 is 0 Å². The van der Waals surface area contributed by atoms with E-state index in [1.54, 1.807) is 26.6 Å². The van der Waals surface area contributed by atoms with Crippen LogP contribution in [0.4, 0.5) is 0 Å². The number of pyridine rings is 1. The number of benzene rings is 1. The van der Waals surface area contributed by atoms with Crippen LogP contribution in [-0.4, -0.2) is 61.5 Å². The van der Waals surface area contributed by atoms with Gasteiger partial charge in [-0.15, -0.1) is 0 Å². The second-order valence-corrected chi connectivity index (χ2v) is 9.13. The predicted molar refractivity (Wildman–Crippen MR) is 129 cm³/mol. The minimum atomic E-state index is -0.0624. The van der Waals surface area contributed by atoms with Crippen molar-refractivity contribution in [1.29, 1.82) is 0 Å². The molecule has 1 aliphatic heterocycles. The number of amides is 1. The highest BCUT2D eigenvalue weighted by molar-refractivity contribution is 5.80. The van der Waals surface area contributed by atoms with Crippen LogP contribution in [0.15, 0.2) is 59.9 Å². The molecule has 2 aromatic rings. The molecule has 4 atom stereocenters. The molecular weight excluding hydrogens is 414 g/mol. The summed E-state index contributed by atoms with van der Waals surface area (Å²) in [7, 11) is 3.45. The average Bonchev–Trinajstić information content (AvgIpc) is 2.89. The first-order valence-corrected chi connectivity index (χ1v) is 12.0. The number of rotatable bonds is 7. The van der Waals surface area contributed by atoms with Crippen LogP contribution < -0.4 is 0 Å². The Morgan fingerprint density at radius 2 is 1.76 bits per heavy atom. The number of aromatic nitrogens is 1. The van der Waals surface area contributed by atoms with Crippen molar-refractivity contribution in [3.05, 3.63) is 66.0 Å². The van der Waals surface area contributed by atoms with Crippen LogP contribution >= 0.6 is 0 Å². The van der Waals surface area contributed by atoms with Crippen LogP contribution in [0, 0.1) is 11.8 Å². The number of hydrogen-bond acceptors (Lipinski definition) is 5. The zero-order valence-corrected chi connectivity index (χ0v) is 19.7. The van der Waals surface area contributed by atoms with E-state index in [4.69, 9.17) is 14.5 Å². The molecule has 2 aliphatic rings. The molecule has 0 N–H and O–H groups in total. The molecule has 1 aromatic carbocycles. The van der Waals surface area contributed by atoms with Crippen molar-refractivity contribution in [2.45, 2.75) is 50.4 Å². The van der Waals surface area contributed by atoms with Crippen molar-refractivity contribution in [3.8, 4) is 0 Å². The summed E-state index contributed by atoms with van der Waals surface area (Å²) in [6.07, 6.45) is 10.1. The molecule has 4 unspecified atom stereocenters. The summed E-state index contributed by atoms with van der Waals surface area (Å²) in [4.78, 5) is 24.5. The summed E-state index contributed by atoms with van der Waals surface area (Å²) in [6, 6.07) is 14.5. The van der Waals surface area contributed by atoms with Gasteiger partial charge in [-0.2, -0.15) is 0 Å². The second-order valence-electron chi connectivity index (χ2n) is 9.13. The van der Waals surface area contributed by atoms with Crippen LogP contribution in [0.2, 0.25) is 0 Å². The van der Waals surface area contributed by atoms with E-state index in [9.17, 15) is 4.79 Å². The summed E-state index contributed by atoms with van der Waals surface area (Å²) in [5.74, 6) is 0.580. The van der Waals surface area contributed by atoms with Gasteiger partial charge in [0.2, 0.25) is 5.91 Å². The minimum Gasteiger partial charge on any atom is -0.381 e. The molecule has 1 aliphatic carbocycles. The van der Waals surface area contributed by atoms with Gasteiger partial charge in [0.25, 0.3) is 0 Å². The third kappa shape index (κ3) is 5.87. The SMILES string of the molecule is COC1CCC(C(=O)N2CCC(C(N=Cc3ccncc3)c3ccccc3)CC2)C(OC)C1. The molecule has 1 amide bonds. The Bertz CT molecular complexity index is 897.